The van der Waals surface area contributed by atoms with E-state index in [2.05, 4.69) is 15.8 Å². The molecule has 0 fully saturated rings. The van der Waals surface area contributed by atoms with Gasteiger partial charge in [-0.15, -0.1) is 0 Å². The summed E-state index contributed by atoms with van der Waals surface area (Å²) < 4.78 is 5.32. The summed E-state index contributed by atoms with van der Waals surface area (Å²) in [5, 5.41) is 9.49. The largest absolute Gasteiger partial charge is 0.496 e. The minimum Gasteiger partial charge on any atom is -0.496 e. The molecule has 0 radical (unpaired) electrons. The third-order valence-corrected chi connectivity index (χ3v) is 3.85. The number of carbonyl (C=O) groups excluding carboxylic acids is 2. The molecule has 1 heterocycles. The van der Waals surface area contributed by atoms with E-state index in [9.17, 15) is 9.59 Å². The van der Waals surface area contributed by atoms with Crippen LogP contribution in [-0.4, -0.2) is 30.7 Å². The van der Waals surface area contributed by atoms with E-state index < -0.39 is 6.10 Å². The monoisotopic (exact) mass is 353 g/mol. The molecule has 2 aromatic rings. The first-order chi connectivity index (χ1) is 12.6. The molecule has 1 atom stereocenters. The highest BCUT2D eigenvalue weighted by atomic mass is 16.6. The van der Waals surface area contributed by atoms with E-state index in [0.717, 1.165) is 5.56 Å². The number of methoxy groups -OCH3 is 1. The van der Waals surface area contributed by atoms with E-state index in [1.165, 1.54) is 6.92 Å². The number of carbonyl (C=O) groups is 2. The van der Waals surface area contributed by atoms with Gasteiger partial charge in [0.1, 0.15) is 5.75 Å². The van der Waals surface area contributed by atoms with E-state index in [1.54, 1.807) is 31.4 Å². The lowest BCUT2D eigenvalue weighted by Gasteiger charge is -2.10. The van der Waals surface area contributed by atoms with Crippen molar-refractivity contribution in [3.8, 4) is 5.75 Å². The predicted molar refractivity (Wildman–Crippen MR) is 98.4 cm³/mol. The summed E-state index contributed by atoms with van der Waals surface area (Å²) in [6.07, 6.45) is -0.346. The molecule has 2 aromatic carbocycles. The van der Waals surface area contributed by atoms with Crippen molar-refractivity contribution >= 4 is 28.9 Å². The van der Waals surface area contributed by atoms with Gasteiger partial charge in [-0.1, -0.05) is 17.3 Å². The summed E-state index contributed by atoms with van der Waals surface area (Å²) in [5.74, 6) is 0.248. The number of oxime groups is 1. The standard InChI is InChI=1S/C19H19N3O4/c1-12(23)20-13-7-9-14(10-8-13)21-19(24)18-11-16(22-26-18)15-5-3-4-6-17(15)25-2/h3-10,18H,11H2,1-2H3,(H,20,23)(H,21,24). The van der Waals surface area contributed by atoms with Gasteiger partial charge in [0.25, 0.3) is 5.91 Å². The number of ether oxygens (including phenoxy) is 1. The third-order valence-electron chi connectivity index (χ3n) is 3.85. The summed E-state index contributed by atoms with van der Waals surface area (Å²) in [5.41, 5.74) is 2.75. The van der Waals surface area contributed by atoms with Gasteiger partial charge < -0.3 is 20.2 Å². The molecule has 2 N–H and O–H groups in total. The van der Waals surface area contributed by atoms with Crippen LogP contribution in [0.15, 0.2) is 53.7 Å². The van der Waals surface area contributed by atoms with E-state index in [4.69, 9.17) is 9.57 Å². The fourth-order valence-corrected chi connectivity index (χ4v) is 2.62. The van der Waals surface area contributed by atoms with E-state index in [1.807, 2.05) is 24.3 Å². The SMILES string of the molecule is COc1ccccc1C1=NOC(C(=O)Nc2ccc(NC(C)=O)cc2)C1. The molecule has 1 aliphatic heterocycles. The van der Waals surface area contributed by atoms with Crippen molar-refractivity contribution in [2.45, 2.75) is 19.4 Å². The average Bonchev–Trinajstić information content (AvgIpc) is 3.13. The molecule has 0 bridgehead atoms. The maximum atomic E-state index is 12.4. The minimum absolute atomic E-state index is 0.151. The Morgan fingerprint density at radius 2 is 1.73 bits per heavy atom. The molecule has 1 unspecified atom stereocenters. The number of amides is 2. The highest BCUT2D eigenvalue weighted by Crippen LogP contribution is 2.25. The van der Waals surface area contributed by atoms with Crippen molar-refractivity contribution in [3.63, 3.8) is 0 Å². The molecule has 3 rings (SSSR count). The summed E-state index contributed by atoms with van der Waals surface area (Å²) >= 11 is 0. The predicted octanol–water partition coefficient (Wildman–Crippen LogP) is 2.79. The van der Waals surface area contributed by atoms with Crippen LogP contribution in [0.3, 0.4) is 0 Å². The van der Waals surface area contributed by atoms with Gasteiger partial charge in [0.05, 0.1) is 12.8 Å². The lowest BCUT2D eigenvalue weighted by Crippen LogP contribution is -2.28. The highest BCUT2D eigenvalue weighted by Gasteiger charge is 2.30. The second-order valence-electron chi connectivity index (χ2n) is 5.78. The van der Waals surface area contributed by atoms with Crippen LogP contribution >= 0.6 is 0 Å². The Hall–Kier alpha value is -3.35. The minimum atomic E-state index is -0.704. The third kappa shape index (κ3) is 4.00. The first-order valence-corrected chi connectivity index (χ1v) is 8.11. The number of hydrogen-bond donors (Lipinski definition) is 2. The Morgan fingerprint density at radius 1 is 1.08 bits per heavy atom. The zero-order chi connectivity index (χ0) is 18.5. The van der Waals surface area contributed by atoms with Crippen molar-refractivity contribution < 1.29 is 19.2 Å². The van der Waals surface area contributed by atoms with Crippen molar-refractivity contribution in [3.05, 3.63) is 54.1 Å². The lowest BCUT2D eigenvalue weighted by atomic mass is 10.0. The molecule has 2 amide bonds. The van der Waals surface area contributed by atoms with E-state index in [-0.39, 0.29) is 11.8 Å². The van der Waals surface area contributed by atoms with E-state index >= 15 is 0 Å². The van der Waals surface area contributed by atoms with Crippen molar-refractivity contribution in [2.24, 2.45) is 5.16 Å². The zero-order valence-corrected chi connectivity index (χ0v) is 14.5. The van der Waals surface area contributed by atoms with Crippen molar-refractivity contribution in [1.82, 2.24) is 0 Å². The molecule has 134 valence electrons. The molecule has 0 saturated carbocycles. The summed E-state index contributed by atoms with van der Waals surface area (Å²) in [4.78, 5) is 28.7. The van der Waals surface area contributed by atoms with Crippen LogP contribution in [0.25, 0.3) is 0 Å². The Kier molecular flexibility index (Phi) is 5.17. The molecule has 7 nitrogen and oxygen atoms in total. The topological polar surface area (TPSA) is 89.0 Å². The second kappa shape index (κ2) is 7.69. The number of anilines is 2. The Balaban J connectivity index is 1.61. The second-order valence-corrected chi connectivity index (χ2v) is 5.78. The van der Waals surface area contributed by atoms with Crippen molar-refractivity contribution in [2.75, 3.05) is 17.7 Å². The molecular formula is C19H19N3O4. The van der Waals surface area contributed by atoms with Crippen LogP contribution in [-0.2, 0) is 14.4 Å². The molecule has 0 spiro atoms. The van der Waals surface area contributed by atoms with Gasteiger partial charge in [0.15, 0.2) is 0 Å². The van der Waals surface area contributed by atoms with Gasteiger partial charge in [-0.3, -0.25) is 9.59 Å². The van der Waals surface area contributed by atoms with Crippen LogP contribution in [0.4, 0.5) is 11.4 Å². The summed E-state index contributed by atoms with van der Waals surface area (Å²) in [7, 11) is 1.59. The fraction of sp³-hybridized carbons (Fsp3) is 0.211. The summed E-state index contributed by atoms with van der Waals surface area (Å²) in [6.45, 7) is 1.44. The van der Waals surface area contributed by atoms with Gasteiger partial charge in [-0.25, -0.2) is 0 Å². The Labute approximate surface area is 151 Å². The lowest BCUT2D eigenvalue weighted by molar-refractivity contribution is -0.125. The molecule has 0 aliphatic carbocycles. The maximum absolute atomic E-state index is 12.4. The van der Waals surface area contributed by atoms with Gasteiger partial charge in [0, 0.05) is 30.3 Å². The smallest absolute Gasteiger partial charge is 0.268 e. The first-order valence-electron chi connectivity index (χ1n) is 8.11. The normalized spacial score (nSPS) is 15.6. The quantitative estimate of drug-likeness (QED) is 0.865. The van der Waals surface area contributed by atoms with Crippen molar-refractivity contribution in [1.29, 1.82) is 0 Å². The first kappa shape index (κ1) is 17.5. The number of benzene rings is 2. The fourth-order valence-electron chi connectivity index (χ4n) is 2.62. The Bertz CT molecular complexity index is 846. The average molecular weight is 353 g/mol. The Morgan fingerprint density at radius 3 is 2.38 bits per heavy atom. The van der Waals surface area contributed by atoms with Gasteiger partial charge >= 0.3 is 0 Å². The van der Waals surface area contributed by atoms with Gasteiger partial charge in [0.2, 0.25) is 12.0 Å². The van der Waals surface area contributed by atoms with Gasteiger partial charge in [-0.05, 0) is 36.4 Å². The van der Waals surface area contributed by atoms with Crippen LogP contribution in [0.5, 0.6) is 5.75 Å². The number of para-hydroxylation sites is 1. The number of nitrogens with one attached hydrogen (secondary N) is 2. The van der Waals surface area contributed by atoms with E-state index in [0.29, 0.717) is 29.3 Å². The van der Waals surface area contributed by atoms with Crippen LogP contribution in [0.2, 0.25) is 0 Å². The van der Waals surface area contributed by atoms with Gasteiger partial charge in [-0.2, -0.15) is 0 Å². The molecule has 1 aliphatic rings. The van der Waals surface area contributed by atoms with Crippen LogP contribution in [0.1, 0.15) is 18.9 Å². The molecule has 26 heavy (non-hydrogen) atoms. The zero-order valence-electron chi connectivity index (χ0n) is 14.5. The van der Waals surface area contributed by atoms with Crippen LogP contribution < -0.4 is 15.4 Å². The number of rotatable bonds is 5. The number of nitrogens with zero attached hydrogens (tertiary/aromatic N) is 1. The maximum Gasteiger partial charge on any atom is 0.268 e. The summed E-state index contributed by atoms with van der Waals surface area (Å²) in [6, 6.07) is 14.3. The van der Waals surface area contributed by atoms with Crippen LogP contribution in [0, 0.1) is 0 Å². The molecule has 0 saturated heterocycles. The highest BCUT2D eigenvalue weighted by molar-refractivity contribution is 6.07. The molecular weight excluding hydrogens is 334 g/mol. The molecule has 7 heteroatoms. The number of hydrogen-bond acceptors (Lipinski definition) is 5. The molecule has 0 aromatic heterocycles.